The maximum atomic E-state index is 4.97. The first-order chi connectivity index (χ1) is 5.86. The summed E-state index contributed by atoms with van der Waals surface area (Å²) < 4.78 is 4.97. The van der Waals surface area contributed by atoms with Gasteiger partial charge in [0, 0.05) is 19.0 Å². The van der Waals surface area contributed by atoms with Crippen molar-refractivity contribution in [2.24, 2.45) is 0 Å². The summed E-state index contributed by atoms with van der Waals surface area (Å²) in [6, 6.07) is 0. The molecular weight excluding hydrogens is 172 g/mol. The first-order valence-corrected chi connectivity index (χ1v) is 4.87. The van der Waals surface area contributed by atoms with E-state index in [9.17, 15) is 0 Å². The minimum Gasteiger partial charge on any atom is -0.378 e. The molecule has 0 bridgehead atoms. The number of nitrogens with one attached hydrogen (secondary N) is 1. The van der Waals surface area contributed by atoms with Gasteiger partial charge in [-0.15, -0.1) is 11.3 Å². The largest absolute Gasteiger partial charge is 0.378 e. The highest BCUT2D eigenvalue weighted by Gasteiger charge is 1.99. The quantitative estimate of drug-likeness (QED) is 0.754. The Morgan fingerprint density at radius 3 is 3.17 bits per heavy atom. The molecule has 0 unspecified atom stereocenters. The van der Waals surface area contributed by atoms with Crippen molar-refractivity contribution in [2.45, 2.75) is 20.1 Å². The van der Waals surface area contributed by atoms with E-state index in [1.807, 2.05) is 5.38 Å². The summed E-state index contributed by atoms with van der Waals surface area (Å²) in [6.07, 6.45) is 0. The lowest BCUT2D eigenvalue weighted by Crippen LogP contribution is -2.11. The molecule has 1 rings (SSSR count). The molecule has 1 heterocycles. The summed E-state index contributed by atoms with van der Waals surface area (Å²) in [7, 11) is 1.68. The van der Waals surface area contributed by atoms with Crippen LogP contribution in [0.2, 0.25) is 0 Å². The highest BCUT2D eigenvalue weighted by Crippen LogP contribution is 2.09. The van der Waals surface area contributed by atoms with Crippen LogP contribution in [0.1, 0.15) is 17.6 Å². The van der Waals surface area contributed by atoms with Crippen molar-refractivity contribution in [3.8, 4) is 0 Å². The Hall–Kier alpha value is -0.450. The van der Waals surface area contributed by atoms with Gasteiger partial charge in [-0.25, -0.2) is 4.98 Å². The van der Waals surface area contributed by atoms with Crippen LogP contribution in [-0.4, -0.2) is 18.6 Å². The summed E-state index contributed by atoms with van der Waals surface area (Å²) in [5.74, 6) is 0. The molecule has 0 aliphatic rings. The standard InChI is InChI=1S/C8H14N2OS/c1-3-9-4-8-10-7(5-11-2)6-12-8/h6,9H,3-5H2,1-2H3. The number of thiazole rings is 1. The minimum atomic E-state index is 0.614. The molecule has 12 heavy (non-hydrogen) atoms. The first-order valence-electron chi connectivity index (χ1n) is 3.99. The lowest BCUT2D eigenvalue weighted by Gasteiger charge is -1.95. The molecule has 3 nitrogen and oxygen atoms in total. The Labute approximate surface area is 76.8 Å². The third kappa shape index (κ3) is 2.89. The maximum Gasteiger partial charge on any atom is 0.107 e. The zero-order valence-electron chi connectivity index (χ0n) is 7.46. The molecular formula is C8H14N2OS. The normalized spacial score (nSPS) is 10.5. The van der Waals surface area contributed by atoms with E-state index < -0.39 is 0 Å². The van der Waals surface area contributed by atoms with Gasteiger partial charge in [-0.1, -0.05) is 6.92 Å². The lowest BCUT2D eigenvalue weighted by molar-refractivity contribution is 0.182. The molecule has 0 radical (unpaired) electrons. The molecule has 0 saturated carbocycles. The number of nitrogens with zero attached hydrogens (tertiary/aromatic N) is 1. The minimum absolute atomic E-state index is 0.614. The van der Waals surface area contributed by atoms with Crippen molar-refractivity contribution in [1.29, 1.82) is 0 Å². The van der Waals surface area contributed by atoms with Crippen molar-refractivity contribution >= 4 is 11.3 Å². The highest BCUT2D eigenvalue weighted by molar-refractivity contribution is 7.09. The number of ether oxygens (including phenoxy) is 1. The van der Waals surface area contributed by atoms with Crippen LogP contribution < -0.4 is 5.32 Å². The Balaban J connectivity index is 2.41. The lowest BCUT2D eigenvalue weighted by atomic mass is 10.5. The number of methoxy groups -OCH3 is 1. The van der Waals surface area contributed by atoms with Crippen LogP contribution in [0.3, 0.4) is 0 Å². The molecule has 0 atom stereocenters. The van der Waals surface area contributed by atoms with E-state index in [0.29, 0.717) is 6.61 Å². The van der Waals surface area contributed by atoms with E-state index in [-0.39, 0.29) is 0 Å². The zero-order valence-corrected chi connectivity index (χ0v) is 8.28. The molecule has 68 valence electrons. The van der Waals surface area contributed by atoms with Crippen LogP contribution >= 0.6 is 11.3 Å². The molecule has 1 aromatic heterocycles. The van der Waals surface area contributed by atoms with Gasteiger partial charge in [0.05, 0.1) is 12.3 Å². The summed E-state index contributed by atoms with van der Waals surface area (Å²) in [5, 5.41) is 6.39. The van der Waals surface area contributed by atoms with Gasteiger partial charge < -0.3 is 10.1 Å². The third-order valence-corrected chi connectivity index (χ3v) is 2.32. The average Bonchev–Trinajstić information content (AvgIpc) is 2.50. The summed E-state index contributed by atoms with van der Waals surface area (Å²) in [4.78, 5) is 4.37. The smallest absolute Gasteiger partial charge is 0.107 e. The van der Waals surface area contributed by atoms with Gasteiger partial charge >= 0.3 is 0 Å². The fourth-order valence-corrected chi connectivity index (χ4v) is 1.62. The van der Waals surface area contributed by atoms with Crippen molar-refractivity contribution in [3.63, 3.8) is 0 Å². The van der Waals surface area contributed by atoms with E-state index in [2.05, 4.69) is 17.2 Å². The molecule has 0 aliphatic heterocycles. The first kappa shape index (κ1) is 9.64. The van der Waals surface area contributed by atoms with Crippen LogP contribution in [0, 0.1) is 0 Å². The summed E-state index contributed by atoms with van der Waals surface area (Å²) in [6.45, 7) is 4.55. The molecule has 0 aliphatic carbocycles. The van der Waals surface area contributed by atoms with Gasteiger partial charge in [0.25, 0.3) is 0 Å². The van der Waals surface area contributed by atoms with Crippen LogP contribution in [0.5, 0.6) is 0 Å². The van der Waals surface area contributed by atoms with Crippen LogP contribution in [-0.2, 0) is 17.9 Å². The summed E-state index contributed by atoms with van der Waals surface area (Å²) >= 11 is 1.68. The van der Waals surface area contributed by atoms with E-state index in [1.165, 1.54) is 0 Å². The monoisotopic (exact) mass is 186 g/mol. The zero-order chi connectivity index (χ0) is 8.81. The maximum absolute atomic E-state index is 4.97. The predicted octanol–water partition coefficient (Wildman–Crippen LogP) is 1.40. The molecule has 0 spiro atoms. The van der Waals surface area contributed by atoms with Crippen LogP contribution in [0.25, 0.3) is 0 Å². The predicted molar refractivity (Wildman–Crippen MR) is 50.2 cm³/mol. The van der Waals surface area contributed by atoms with Gasteiger partial charge in [-0.05, 0) is 6.54 Å². The molecule has 1 N–H and O–H groups in total. The van der Waals surface area contributed by atoms with Gasteiger partial charge in [-0.3, -0.25) is 0 Å². The second kappa shape index (κ2) is 5.24. The van der Waals surface area contributed by atoms with Crippen LogP contribution in [0.4, 0.5) is 0 Å². The van der Waals surface area contributed by atoms with E-state index in [0.717, 1.165) is 23.8 Å². The topological polar surface area (TPSA) is 34.2 Å². The van der Waals surface area contributed by atoms with Gasteiger partial charge in [0.1, 0.15) is 5.01 Å². The van der Waals surface area contributed by atoms with E-state index >= 15 is 0 Å². The van der Waals surface area contributed by atoms with Gasteiger partial charge in [0.2, 0.25) is 0 Å². The van der Waals surface area contributed by atoms with E-state index in [4.69, 9.17) is 4.74 Å². The summed E-state index contributed by atoms with van der Waals surface area (Å²) in [5.41, 5.74) is 1.02. The molecule has 4 heteroatoms. The Bertz CT molecular complexity index is 225. The molecule has 0 saturated heterocycles. The van der Waals surface area contributed by atoms with Crippen molar-refractivity contribution in [2.75, 3.05) is 13.7 Å². The second-order valence-electron chi connectivity index (χ2n) is 2.45. The fraction of sp³-hybridized carbons (Fsp3) is 0.625. The van der Waals surface area contributed by atoms with Gasteiger partial charge in [-0.2, -0.15) is 0 Å². The average molecular weight is 186 g/mol. The van der Waals surface area contributed by atoms with Crippen molar-refractivity contribution < 1.29 is 4.74 Å². The third-order valence-electron chi connectivity index (χ3n) is 1.42. The second-order valence-corrected chi connectivity index (χ2v) is 3.39. The van der Waals surface area contributed by atoms with Crippen LogP contribution in [0.15, 0.2) is 5.38 Å². The van der Waals surface area contributed by atoms with Gasteiger partial charge in [0.15, 0.2) is 0 Å². The fourth-order valence-electron chi connectivity index (χ4n) is 0.876. The van der Waals surface area contributed by atoms with E-state index in [1.54, 1.807) is 18.4 Å². The Kier molecular flexibility index (Phi) is 4.21. The Morgan fingerprint density at radius 2 is 2.50 bits per heavy atom. The highest BCUT2D eigenvalue weighted by atomic mass is 32.1. The number of aromatic nitrogens is 1. The molecule has 0 fully saturated rings. The Morgan fingerprint density at radius 1 is 1.67 bits per heavy atom. The number of hydrogen-bond donors (Lipinski definition) is 1. The van der Waals surface area contributed by atoms with Crippen molar-refractivity contribution in [1.82, 2.24) is 10.3 Å². The molecule has 0 aromatic carbocycles. The SMILES string of the molecule is CCNCc1nc(COC)cs1. The number of hydrogen-bond acceptors (Lipinski definition) is 4. The molecule has 1 aromatic rings. The molecule has 0 amide bonds. The number of rotatable bonds is 5. The van der Waals surface area contributed by atoms with Crippen molar-refractivity contribution in [3.05, 3.63) is 16.1 Å².